The highest BCUT2D eigenvalue weighted by atomic mass is 16.5. The molecule has 1 aliphatic carbocycles. The van der Waals surface area contributed by atoms with E-state index in [0.29, 0.717) is 11.7 Å². The summed E-state index contributed by atoms with van der Waals surface area (Å²) in [6.45, 7) is 2.00. The fourth-order valence-electron chi connectivity index (χ4n) is 2.12. The molecule has 2 heteroatoms. The first kappa shape index (κ1) is 11.2. The standard InChI is InChI=1S/C14H18O2/c1-10(14(15)11-5-3-6-11)12-7-4-8-13(9-12)16-2/h4,7-11H,3,5-6H2,1-2H3. The molecular formula is C14H18O2. The van der Waals surface area contributed by atoms with Crippen LogP contribution < -0.4 is 4.74 Å². The predicted octanol–water partition coefficient (Wildman–Crippen LogP) is 3.17. The Hall–Kier alpha value is -1.31. The van der Waals surface area contributed by atoms with Crippen LogP contribution in [0.15, 0.2) is 24.3 Å². The molecule has 0 radical (unpaired) electrons. The van der Waals surface area contributed by atoms with Crippen molar-refractivity contribution in [3.63, 3.8) is 0 Å². The number of carbonyl (C=O) groups excluding carboxylic acids is 1. The van der Waals surface area contributed by atoms with E-state index < -0.39 is 0 Å². The van der Waals surface area contributed by atoms with Gasteiger partial charge in [0.2, 0.25) is 0 Å². The predicted molar refractivity (Wildman–Crippen MR) is 63.8 cm³/mol. The quantitative estimate of drug-likeness (QED) is 0.776. The van der Waals surface area contributed by atoms with Crippen LogP contribution in [0.4, 0.5) is 0 Å². The largest absolute Gasteiger partial charge is 0.497 e. The average Bonchev–Trinajstić information content (AvgIpc) is 2.25. The Morgan fingerprint density at radius 3 is 2.75 bits per heavy atom. The molecule has 2 rings (SSSR count). The van der Waals surface area contributed by atoms with Crippen LogP contribution in [-0.2, 0) is 4.79 Å². The molecule has 16 heavy (non-hydrogen) atoms. The van der Waals surface area contributed by atoms with Gasteiger partial charge in [0.15, 0.2) is 0 Å². The van der Waals surface area contributed by atoms with E-state index in [-0.39, 0.29) is 5.92 Å². The molecule has 0 aliphatic heterocycles. The fourth-order valence-corrected chi connectivity index (χ4v) is 2.12. The lowest BCUT2D eigenvalue weighted by Gasteiger charge is -2.27. The van der Waals surface area contributed by atoms with E-state index in [1.807, 2.05) is 31.2 Å². The first-order valence-corrected chi connectivity index (χ1v) is 5.90. The molecule has 1 fully saturated rings. The molecule has 0 N–H and O–H groups in total. The number of ether oxygens (including phenoxy) is 1. The molecule has 0 aromatic heterocycles. The molecule has 0 amide bonds. The molecule has 1 unspecified atom stereocenters. The van der Waals surface area contributed by atoms with E-state index in [0.717, 1.165) is 24.2 Å². The van der Waals surface area contributed by atoms with Gasteiger partial charge in [-0.2, -0.15) is 0 Å². The van der Waals surface area contributed by atoms with Gasteiger partial charge in [-0.25, -0.2) is 0 Å². The number of benzene rings is 1. The molecule has 0 bridgehead atoms. The van der Waals surface area contributed by atoms with E-state index >= 15 is 0 Å². The van der Waals surface area contributed by atoms with E-state index in [1.165, 1.54) is 6.42 Å². The molecule has 0 saturated heterocycles. The zero-order chi connectivity index (χ0) is 11.5. The fraction of sp³-hybridized carbons (Fsp3) is 0.500. The van der Waals surface area contributed by atoms with Crippen molar-refractivity contribution in [2.45, 2.75) is 32.1 Å². The van der Waals surface area contributed by atoms with Gasteiger partial charge >= 0.3 is 0 Å². The van der Waals surface area contributed by atoms with Gasteiger partial charge in [-0.05, 0) is 30.5 Å². The van der Waals surface area contributed by atoms with Crippen LogP contribution in [0.3, 0.4) is 0 Å². The number of rotatable bonds is 4. The van der Waals surface area contributed by atoms with Gasteiger partial charge in [0.1, 0.15) is 11.5 Å². The molecule has 2 nitrogen and oxygen atoms in total. The van der Waals surface area contributed by atoms with Crippen LogP contribution in [0, 0.1) is 5.92 Å². The summed E-state index contributed by atoms with van der Waals surface area (Å²) < 4.78 is 5.17. The highest BCUT2D eigenvalue weighted by Crippen LogP contribution is 2.33. The van der Waals surface area contributed by atoms with E-state index in [1.54, 1.807) is 7.11 Å². The van der Waals surface area contributed by atoms with Gasteiger partial charge in [0.25, 0.3) is 0 Å². The van der Waals surface area contributed by atoms with E-state index in [2.05, 4.69) is 0 Å². The maximum absolute atomic E-state index is 12.1. The second kappa shape index (κ2) is 4.69. The van der Waals surface area contributed by atoms with Gasteiger partial charge in [-0.1, -0.05) is 25.5 Å². The van der Waals surface area contributed by atoms with Crippen molar-refractivity contribution in [3.05, 3.63) is 29.8 Å². The summed E-state index contributed by atoms with van der Waals surface area (Å²) in [5, 5.41) is 0. The summed E-state index contributed by atoms with van der Waals surface area (Å²) in [4.78, 5) is 12.1. The summed E-state index contributed by atoms with van der Waals surface area (Å²) in [6, 6.07) is 7.81. The maximum Gasteiger partial charge on any atom is 0.143 e. The Labute approximate surface area is 96.6 Å². The van der Waals surface area contributed by atoms with Crippen LogP contribution in [0.2, 0.25) is 0 Å². The van der Waals surface area contributed by atoms with Crippen LogP contribution in [0.5, 0.6) is 5.75 Å². The lowest BCUT2D eigenvalue weighted by atomic mass is 9.76. The highest BCUT2D eigenvalue weighted by molar-refractivity contribution is 5.88. The minimum absolute atomic E-state index is 0.000370. The Bertz CT molecular complexity index is 380. The van der Waals surface area contributed by atoms with Crippen LogP contribution in [0.1, 0.15) is 37.7 Å². The van der Waals surface area contributed by atoms with Crippen molar-refractivity contribution in [2.75, 3.05) is 7.11 Å². The minimum atomic E-state index is 0.000370. The SMILES string of the molecule is COc1cccc(C(C)C(=O)C2CCC2)c1. The van der Waals surface area contributed by atoms with Gasteiger partial charge in [-0.3, -0.25) is 4.79 Å². The first-order valence-electron chi connectivity index (χ1n) is 5.90. The monoisotopic (exact) mass is 218 g/mol. The summed E-state index contributed by atoms with van der Waals surface area (Å²) >= 11 is 0. The number of methoxy groups -OCH3 is 1. The third-order valence-corrected chi connectivity index (χ3v) is 3.53. The van der Waals surface area contributed by atoms with Gasteiger partial charge in [0, 0.05) is 11.8 Å². The lowest BCUT2D eigenvalue weighted by Crippen LogP contribution is -2.26. The van der Waals surface area contributed by atoms with Crippen LogP contribution in [0.25, 0.3) is 0 Å². The normalized spacial score (nSPS) is 17.6. The lowest BCUT2D eigenvalue weighted by molar-refractivity contribution is -0.126. The molecular weight excluding hydrogens is 200 g/mol. The number of hydrogen-bond acceptors (Lipinski definition) is 2. The van der Waals surface area contributed by atoms with Gasteiger partial charge < -0.3 is 4.74 Å². The maximum atomic E-state index is 12.1. The van der Waals surface area contributed by atoms with Gasteiger partial charge in [-0.15, -0.1) is 0 Å². The third kappa shape index (κ3) is 2.11. The number of carbonyl (C=O) groups is 1. The highest BCUT2D eigenvalue weighted by Gasteiger charge is 2.29. The number of ketones is 1. The average molecular weight is 218 g/mol. The summed E-state index contributed by atoms with van der Waals surface area (Å²) in [5.74, 6) is 1.52. The van der Waals surface area contributed by atoms with Crippen molar-refractivity contribution in [1.29, 1.82) is 0 Å². The van der Waals surface area contributed by atoms with Crippen molar-refractivity contribution >= 4 is 5.78 Å². The zero-order valence-corrected chi connectivity index (χ0v) is 9.90. The van der Waals surface area contributed by atoms with Crippen LogP contribution >= 0.6 is 0 Å². The number of hydrogen-bond donors (Lipinski definition) is 0. The molecule has 1 aromatic carbocycles. The van der Waals surface area contributed by atoms with Crippen LogP contribution in [-0.4, -0.2) is 12.9 Å². The zero-order valence-electron chi connectivity index (χ0n) is 9.90. The molecule has 0 heterocycles. The van der Waals surface area contributed by atoms with Crippen molar-refractivity contribution in [3.8, 4) is 5.75 Å². The molecule has 0 spiro atoms. The molecule has 1 aromatic rings. The summed E-state index contributed by atoms with van der Waals surface area (Å²) in [6.07, 6.45) is 3.36. The number of Topliss-reactive ketones (excluding diaryl/α,β-unsaturated/α-hetero) is 1. The van der Waals surface area contributed by atoms with Gasteiger partial charge in [0.05, 0.1) is 7.11 Å². The first-order chi connectivity index (χ1) is 7.72. The Balaban J connectivity index is 2.12. The Morgan fingerprint density at radius 2 is 2.19 bits per heavy atom. The molecule has 86 valence electrons. The van der Waals surface area contributed by atoms with Crippen molar-refractivity contribution in [1.82, 2.24) is 0 Å². The van der Waals surface area contributed by atoms with Crippen molar-refractivity contribution in [2.24, 2.45) is 5.92 Å². The van der Waals surface area contributed by atoms with Crippen molar-refractivity contribution < 1.29 is 9.53 Å². The summed E-state index contributed by atoms with van der Waals surface area (Å²) in [7, 11) is 1.65. The topological polar surface area (TPSA) is 26.3 Å². The van der Waals surface area contributed by atoms with E-state index in [9.17, 15) is 4.79 Å². The Kier molecular flexibility index (Phi) is 3.28. The second-order valence-corrected chi connectivity index (χ2v) is 4.53. The second-order valence-electron chi connectivity index (χ2n) is 4.53. The Morgan fingerprint density at radius 1 is 1.44 bits per heavy atom. The summed E-state index contributed by atoms with van der Waals surface area (Å²) in [5.41, 5.74) is 1.07. The molecule has 1 aliphatic rings. The van der Waals surface area contributed by atoms with E-state index in [4.69, 9.17) is 4.74 Å². The minimum Gasteiger partial charge on any atom is -0.497 e. The molecule has 1 atom stereocenters. The molecule has 1 saturated carbocycles. The third-order valence-electron chi connectivity index (χ3n) is 3.53. The smallest absolute Gasteiger partial charge is 0.143 e.